The molecule has 0 aromatic carbocycles. The number of hydrogen-bond donors (Lipinski definition) is 2. The van der Waals surface area contributed by atoms with E-state index in [0.717, 1.165) is 0 Å². The van der Waals surface area contributed by atoms with E-state index in [1.165, 1.54) is 7.11 Å². The molecule has 2 atom stereocenters. The summed E-state index contributed by atoms with van der Waals surface area (Å²) in [5, 5.41) is 13.7. The third-order valence-corrected chi connectivity index (χ3v) is 2.78. The maximum absolute atomic E-state index is 12.2. The van der Waals surface area contributed by atoms with Gasteiger partial charge in [0.05, 0.1) is 26.0 Å². The Hall–Kier alpha value is -2.30. The minimum Gasteiger partial charge on any atom is -0.469 e. The molecule has 2 amide bonds. The van der Waals surface area contributed by atoms with Gasteiger partial charge < -0.3 is 20.1 Å². The van der Waals surface area contributed by atoms with Crippen LogP contribution in [0, 0.1) is 11.3 Å². The Kier molecular flexibility index (Phi) is 8.70. The van der Waals surface area contributed by atoms with E-state index in [-0.39, 0.29) is 18.9 Å². The van der Waals surface area contributed by atoms with E-state index in [0.29, 0.717) is 6.42 Å². The predicted octanol–water partition coefficient (Wildman–Crippen LogP) is 1.25. The van der Waals surface area contributed by atoms with Gasteiger partial charge in [0.25, 0.3) is 0 Å². The first-order chi connectivity index (χ1) is 10.6. The van der Waals surface area contributed by atoms with Gasteiger partial charge in [-0.1, -0.05) is 6.92 Å². The summed E-state index contributed by atoms with van der Waals surface area (Å²) in [7, 11) is 1.19. The summed E-state index contributed by atoms with van der Waals surface area (Å²) in [4.78, 5) is 35.5. The molecule has 2 N–H and O–H groups in total. The van der Waals surface area contributed by atoms with E-state index < -0.39 is 29.6 Å². The molecule has 23 heavy (non-hydrogen) atoms. The van der Waals surface area contributed by atoms with Gasteiger partial charge in [-0.05, 0) is 27.2 Å². The van der Waals surface area contributed by atoms with Crippen molar-refractivity contribution in [2.24, 2.45) is 0 Å². The molecule has 0 unspecified atom stereocenters. The van der Waals surface area contributed by atoms with Gasteiger partial charge in [-0.15, -0.1) is 0 Å². The standard InChI is InChI=1S/C15H25N3O5/c1-6-10(7-8-16)17-13(20)11(9-12(19)22-5)18-14(21)23-15(2,3)4/h10-11H,6-7,9H2,1-5H3,(H,17,20)(H,18,21)/t10-,11-/m0/s1. The predicted molar refractivity (Wildman–Crippen MR) is 82.2 cm³/mol. The maximum Gasteiger partial charge on any atom is 0.408 e. The van der Waals surface area contributed by atoms with Crippen molar-refractivity contribution < 1.29 is 23.9 Å². The highest BCUT2D eigenvalue weighted by atomic mass is 16.6. The number of esters is 1. The van der Waals surface area contributed by atoms with Crippen LogP contribution in [0.1, 0.15) is 47.0 Å². The fourth-order valence-corrected chi connectivity index (χ4v) is 1.62. The summed E-state index contributed by atoms with van der Waals surface area (Å²) in [6.45, 7) is 6.87. The molecule has 0 spiro atoms. The van der Waals surface area contributed by atoms with Gasteiger partial charge in [-0.2, -0.15) is 5.26 Å². The first kappa shape index (κ1) is 20.7. The van der Waals surface area contributed by atoms with E-state index in [1.54, 1.807) is 20.8 Å². The lowest BCUT2D eigenvalue weighted by Crippen LogP contribution is -2.51. The topological polar surface area (TPSA) is 118 Å². The number of methoxy groups -OCH3 is 1. The van der Waals surface area contributed by atoms with Crippen molar-refractivity contribution in [1.29, 1.82) is 5.26 Å². The normalized spacial score (nSPS) is 13.2. The zero-order chi connectivity index (χ0) is 18.0. The molecule has 0 bridgehead atoms. The van der Waals surface area contributed by atoms with Crippen molar-refractivity contribution in [1.82, 2.24) is 10.6 Å². The zero-order valence-electron chi connectivity index (χ0n) is 14.3. The maximum atomic E-state index is 12.2. The first-order valence-electron chi connectivity index (χ1n) is 7.36. The molecule has 0 aromatic rings. The van der Waals surface area contributed by atoms with E-state index in [9.17, 15) is 14.4 Å². The molecule has 0 fully saturated rings. The Bertz CT molecular complexity index is 465. The molecule has 0 aromatic heterocycles. The van der Waals surface area contributed by atoms with Gasteiger partial charge in [0.15, 0.2) is 0 Å². The van der Waals surface area contributed by atoms with Gasteiger partial charge in [0.2, 0.25) is 5.91 Å². The number of nitrogens with one attached hydrogen (secondary N) is 2. The monoisotopic (exact) mass is 327 g/mol. The second-order valence-corrected chi connectivity index (χ2v) is 5.96. The third kappa shape index (κ3) is 9.34. The van der Waals surface area contributed by atoms with Crippen LogP contribution in [-0.4, -0.2) is 42.8 Å². The van der Waals surface area contributed by atoms with Gasteiger partial charge in [-0.3, -0.25) is 9.59 Å². The van der Waals surface area contributed by atoms with E-state index in [4.69, 9.17) is 10.00 Å². The minimum absolute atomic E-state index is 0.139. The molecule has 0 radical (unpaired) electrons. The van der Waals surface area contributed by atoms with Crippen molar-refractivity contribution in [3.8, 4) is 6.07 Å². The van der Waals surface area contributed by atoms with Crippen LogP contribution in [0.2, 0.25) is 0 Å². The Labute approximate surface area is 136 Å². The lowest BCUT2D eigenvalue weighted by Gasteiger charge is -2.24. The number of ether oxygens (including phenoxy) is 2. The largest absolute Gasteiger partial charge is 0.469 e. The van der Waals surface area contributed by atoms with Crippen molar-refractivity contribution in [2.75, 3.05) is 7.11 Å². The van der Waals surface area contributed by atoms with Gasteiger partial charge in [-0.25, -0.2) is 4.79 Å². The highest BCUT2D eigenvalue weighted by Gasteiger charge is 2.28. The highest BCUT2D eigenvalue weighted by Crippen LogP contribution is 2.08. The minimum atomic E-state index is -1.13. The lowest BCUT2D eigenvalue weighted by atomic mass is 10.1. The van der Waals surface area contributed by atoms with Crippen LogP contribution in [0.15, 0.2) is 0 Å². The molecule has 0 aliphatic heterocycles. The zero-order valence-corrected chi connectivity index (χ0v) is 14.3. The summed E-state index contributed by atoms with van der Waals surface area (Å²) >= 11 is 0. The fourth-order valence-electron chi connectivity index (χ4n) is 1.62. The molecule has 0 aliphatic carbocycles. The van der Waals surface area contributed by atoms with Crippen LogP contribution in [-0.2, 0) is 19.1 Å². The second-order valence-electron chi connectivity index (χ2n) is 5.96. The average Bonchev–Trinajstić information content (AvgIpc) is 2.43. The van der Waals surface area contributed by atoms with Crippen molar-refractivity contribution in [2.45, 2.75) is 64.6 Å². The summed E-state index contributed by atoms with van der Waals surface area (Å²) in [5.41, 5.74) is -0.733. The molecule has 0 saturated heterocycles. The summed E-state index contributed by atoms with van der Waals surface area (Å²) in [6.07, 6.45) is -0.448. The molecule has 130 valence electrons. The molecule has 0 aliphatic rings. The number of amides is 2. The number of nitriles is 1. The summed E-state index contributed by atoms with van der Waals surface area (Å²) < 4.78 is 9.61. The number of alkyl carbamates (subject to hydrolysis) is 1. The summed E-state index contributed by atoms with van der Waals surface area (Å²) in [5.74, 6) is -1.21. The van der Waals surface area contributed by atoms with Crippen LogP contribution in [0.25, 0.3) is 0 Å². The third-order valence-electron chi connectivity index (χ3n) is 2.78. The van der Waals surface area contributed by atoms with Gasteiger partial charge in [0.1, 0.15) is 11.6 Å². The lowest BCUT2D eigenvalue weighted by molar-refractivity contribution is -0.143. The molecule has 0 rings (SSSR count). The Balaban J connectivity index is 4.92. The first-order valence-corrected chi connectivity index (χ1v) is 7.36. The number of carbonyl (C=O) groups excluding carboxylic acids is 3. The smallest absolute Gasteiger partial charge is 0.408 e. The highest BCUT2D eigenvalue weighted by molar-refractivity contribution is 5.89. The molecule has 0 heterocycles. The van der Waals surface area contributed by atoms with E-state index in [2.05, 4.69) is 15.4 Å². The SMILES string of the molecule is CC[C@@H](CC#N)NC(=O)[C@H](CC(=O)OC)NC(=O)OC(C)(C)C. The van der Waals surface area contributed by atoms with Crippen molar-refractivity contribution in [3.05, 3.63) is 0 Å². The molecule has 0 saturated carbocycles. The number of hydrogen-bond acceptors (Lipinski definition) is 6. The Morgan fingerprint density at radius 3 is 2.26 bits per heavy atom. The quantitative estimate of drug-likeness (QED) is 0.680. The number of nitrogens with zero attached hydrogens (tertiary/aromatic N) is 1. The van der Waals surface area contributed by atoms with Crippen molar-refractivity contribution >= 4 is 18.0 Å². The molecular formula is C15H25N3O5. The number of rotatable bonds is 7. The van der Waals surface area contributed by atoms with E-state index >= 15 is 0 Å². The number of carbonyl (C=O) groups is 3. The van der Waals surface area contributed by atoms with Crippen LogP contribution in [0.4, 0.5) is 4.79 Å². The molecular weight excluding hydrogens is 302 g/mol. The van der Waals surface area contributed by atoms with Crippen molar-refractivity contribution in [3.63, 3.8) is 0 Å². The van der Waals surface area contributed by atoms with Crippen LogP contribution < -0.4 is 10.6 Å². The Morgan fingerprint density at radius 2 is 1.83 bits per heavy atom. The van der Waals surface area contributed by atoms with Gasteiger partial charge >= 0.3 is 12.1 Å². The van der Waals surface area contributed by atoms with Crippen LogP contribution in [0.5, 0.6) is 0 Å². The summed E-state index contributed by atoms with van der Waals surface area (Å²) in [6, 6.07) is 0.481. The van der Waals surface area contributed by atoms with Gasteiger partial charge in [0, 0.05) is 6.04 Å². The van der Waals surface area contributed by atoms with E-state index in [1.807, 2.05) is 13.0 Å². The molecule has 8 nitrogen and oxygen atoms in total. The Morgan fingerprint density at radius 1 is 1.22 bits per heavy atom. The van der Waals surface area contributed by atoms with Crippen LogP contribution >= 0.6 is 0 Å². The van der Waals surface area contributed by atoms with Crippen LogP contribution in [0.3, 0.4) is 0 Å². The fraction of sp³-hybridized carbons (Fsp3) is 0.733. The second kappa shape index (κ2) is 9.66. The molecule has 8 heteroatoms. The average molecular weight is 327 g/mol.